The van der Waals surface area contributed by atoms with Gasteiger partial charge >= 0.3 is 0 Å². The predicted molar refractivity (Wildman–Crippen MR) is 194 cm³/mol. The van der Waals surface area contributed by atoms with Crippen LogP contribution in [0.3, 0.4) is 0 Å². The largest absolute Gasteiger partial charge is 0.491 e. The first-order chi connectivity index (χ1) is 23.5. The van der Waals surface area contributed by atoms with Gasteiger partial charge in [0.05, 0.1) is 23.2 Å². The molecule has 0 bridgehead atoms. The Morgan fingerprint density at radius 2 is 1.67 bits per heavy atom. The van der Waals surface area contributed by atoms with E-state index in [4.69, 9.17) is 9.47 Å². The van der Waals surface area contributed by atoms with E-state index in [-0.39, 0.29) is 5.91 Å². The minimum atomic E-state index is -1.27. The average Bonchev–Trinajstić information content (AvgIpc) is 3.45. The molecule has 0 spiro atoms. The van der Waals surface area contributed by atoms with E-state index in [1.54, 1.807) is 18.5 Å². The molecule has 9 nitrogen and oxygen atoms in total. The Bertz CT molecular complexity index is 1680. The van der Waals surface area contributed by atoms with Gasteiger partial charge in [0.15, 0.2) is 0 Å². The maximum Gasteiger partial charge on any atom is 0.251 e. The highest BCUT2D eigenvalue weighted by Gasteiger charge is 2.20. The van der Waals surface area contributed by atoms with Crippen LogP contribution < -0.4 is 15.0 Å². The Morgan fingerprint density at radius 3 is 2.42 bits per heavy atom. The lowest BCUT2D eigenvalue weighted by atomic mass is 10.00. The van der Waals surface area contributed by atoms with E-state index in [1.165, 1.54) is 0 Å². The first-order valence-electron chi connectivity index (χ1n) is 17.1. The fraction of sp³-hybridized carbons (Fsp3) is 0.395. The van der Waals surface area contributed by atoms with Crippen molar-refractivity contribution in [1.29, 1.82) is 0 Å². The minimum Gasteiger partial charge on any atom is -0.491 e. The van der Waals surface area contributed by atoms with Gasteiger partial charge in [-0.05, 0) is 97.0 Å². The normalized spacial score (nSPS) is 13.4. The van der Waals surface area contributed by atoms with E-state index in [0.29, 0.717) is 41.8 Å². The zero-order chi connectivity index (χ0) is 33.7. The summed E-state index contributed by atoms with van der Waals surface area (Å²) in [6, 6.07) is 21.8. The van der Waals surface area contributed by atoms with Crippen LogP contribution in [0.2, 0.25) is 0 Å². The van der Waals surface area contributed by atoms with Gasteiger partial charge in [0.2, 0.25) is 0 Å². The summed E-state index contributed by atoms with van der Waals surface area (Å²) in [6.45, 7) is 10.8. The second-order valence-electron chi connectivity index (χ2n) is 11.9. The molecule has 1 aromatic heterocycles. The lowest BCUT2D eigenvalue weighted by Gasteiger charge is -2.25. The van der Waals surface area contributed by atoms with Crippen molar-refractivity contribution in [2.75, 3.05) is 43.1 Å². The molecule has 1 aliphatic heterocycles. The summed E-state index contributed by atoms with van der Waals surface area (Å²) >= 11 is 0. The van der Waals surface area contributed by atoms with Crippen molar-refractivity contribution in [3.05, 3.63) is 90.0 Å². The van der Waals surface area contributed by atoms with Crippen LogP contribution in [-0.4, -0.2) is 57.8 Å². The summed E-state index contributed by atoms with van der Waals surface area (Å²) in [4.78, 5) is 16.6. The quantitative estimate of drug-likeness (QED) is 0.116. The van der Waals surface area contributed by atoms with Gasteiger partial charge in [-0.3, -0.25) is 9.00 Å². The summed E-state index contributed by atoms with van der Waals surface area (Å²) in [5, 5.41) is 11.2. The van der Waals surface area contributed by atoms with Crippen LogP contribution in [0.25, 0.3) is 17.2 Å². The number of carbonyl (C=O) groups is 1. The third kappa shape index (κ3) is 9.41. The number of aromatic nitrogens is 3. The molecule has 10 heteroatoms. The van der Waals surface area contributed by atoms with Crippen molar-refractivity contribution in [2.45, 2.75) is 70.1 Å². The van der Waals surface area contributed by atoms with E-state index < -0.39 is 10.8 Å². The second-order valence-corrected chi connectivity index (χ2v) is 13.4. The standard InChI is InChI=1S/C38H47N5O4S/c1-4-7-22-46-23-24-47-34-13-8-29(9-14-34)30-10-17-36-32(25-30)26-31(18-21-42(36)19-5-2)38(44)40-33-11-15-35(16-12-33)48(45)27-37-41-39-28-43(37)20-6-3/h8-17,25-26,28H,4-7,18-24,27H2,1-3H3,(H,40,44)/t48-/m0/s1. The number of aryl methyl sites for hydroxylation is 1. The van der Waals surface area contributed by atoms with Gasteiger partial charge in [-0.1, -0.05) is 45.4 Å². The maximum atomic E-state index is 13.6. The van der Waals surface area contributed by atoms with Crippen molar-refractivity contribution >= 4 is 34.2 Å². The number of rotatable bonds is 17. The Labute approximate surface area is 286 Å². The zero-order valence-corrected chi connectivity index (χ0v) is 29.1. The minimum absolute atomic E-state index is 0.133. The lowest BCUT2D eigenvalue weighted by molar-refractivity contribution is -0.112. The Hall–Kier alpha value is -4.28. The van der Waals surface area contributed by atoms with Gasteiger partial charge in [-0.25, -0.2) is 0 Å². The number of unbranched alkanes of at least 4 members (excludes halogenated alkanes) is 1. The van der Waals surface area contributed by atoms with Gasteiger partial charge in [-0.15, -0.1) is 10.2 Å². The molecule has 0 unspecified atom stereocenters. The van der Waals surface area contributed by atoms with E-state index >= 15 is 0 Å². The Balaban J connectivity index is 1.26. The molecule has 5 rings (SSSR count). The highest BCUT2D eigenvalue weighted by atomic mass is 32.2. The number of ether oxygens (including phenoxy) is 2. The third-order valence-electron chi connectivity index (χ3n) is 8.26. The molecule has 0 fully saturated rings. The van der Waals surface area contributed by atoms with Gasteiger partial charge < -0.3 is 24.3 Å². The number of anilines is 2. The van der Waals surface area contributed by atoms with Crippen LogP contribution in [0.15, 0.2) is 83.5 Å². The molecule has 1 aliphatic rings. The van der Waals surface area contributed by atoms with Gasteiger partial charge in [0.25, 0.3) is 5.91 Å². The fourth-order valence-electron chi connectivity index (χ4n) is 5.69. The number of carbonyl (C=O) groups excluding carboxylic acids is 1. The third-order valence-corrected chi connectivity index (χ3v) is 9.57. The van der Waals surface area contributed by atoms with Crippen LogP contribution in [0.1, 0.15) is 64.3 Å². The van der Waals surface area contributed by atoms with E-state index in [0.717, 1.165) is 85.6 Å². The van der Waals surface area contributed by atoms with E-state index in [9.17, 15) is 9.00 Å². The molecule has 48 heavy (non-hydrogen) atoms. The van der Waals surface area contributed by atoms with Crippen molar-refractivity contribution < 1.29 is 18.5 Å². The second kappa shape index (κ2) is 17.8. The predicted octanol–water partition coefficient (Wildman–Crippen LogP) is 7.50. The number of hydrogen-bond acceptors (Lipinski definition) is 7. The van der Waals surface area contributed by atoms with Crippen molar-refractivity contribution in [1.82, 2.24) is 14.8 Å². The van der Waals surface area contributed by atoms with Gasteiger partial charge in [0, 0.05) is 48.1 Å². The zero-order valence-electron chi connectivity index (χ0n) is 28.3. The molecule has 1 N–H and O–H groups in total. The summed E-state index contributed by atoms with van der Waals surface area (Å²) in [6.07, 6.45) is 8.49. The highest BCUT2D eigenvalue weighted by molar-refractivity contribution is 7.84. The molecule has 0 aliphatic carbocycles. The lowest BCUT2D eigenvalue weighted by Crippen LogP contribution is -2.26. The van der Waals surface area contributed by atoms with Gasteiger partial charge in [0.1, 0.15) is 24.5 Å². The van der Waals surface area contributed by atoms with Crippen molar-refractivity contribution in [2.24, 2.45) is 0 Å². The molecule has 254 valence electrons. The number of nitrogens with one attached hydrogen (secondary N) is 1. The van der Waals surface area contributed by atoms with Crippen molar-refractivity contribution in [3.63, 3.8) is 0 Å². The molecule has 1 atom stereocenters. The van der Waals surface area contributed by atoms with Crippen LogP contribution >= 0.6 is 0 Å². The van der Waals surface area contributed by atoms with Crippen molar-refractivity contribution in [3.8, 4) is 16.9 Å². The molecule has 0 saturated heterocycles. The molecule has 0 radical (unpaired) electrons. The highest BCUT2D eigenvalue weighted by Crippen LogP contribution is 2.33. The van der Waals surface area contributed by atoms with Crippen LogP contribution in [-0.2, 0) is 32.6 Å². The Kier molecular flexibility index (Phi) is 13.0. The fourth-order valence-corrected chi connectivity index (χ4v) is 6.75. The summed E-state index contributed by atoms with van der Waals surface area (Å²) < 4.78 is 26.4. The Morgan fingerprint density at radius 1 is 0.896 bits per heavy atom. The van der Waals surface area contributed by atoms with Crippen LogP contribution in [0, 0.1) is 0 Å². The molecule has 1 amide bonds. The number of nitrogens with zero attached hydrogens (tertiary/aromatic N) is 4. The summed E-state index contributed by atoms with van der Waals surface area (Å²) in [5.41, 5.74) is 5.70. The van der Waals surface area contributed by atoms with Crippen LogP contribution in [0.4, 0.5) is 11.4 Å². The molecule has 0 saturated carbocycles. The van der Waals surface area contributed by atoms with Crippen LogP contribution in [0.5, 0.6) is 5.75 Å². The number of amides is 1. The molecule has 3 aromatic carbocycles. The molecular formula is C38H47N5O4S. The molecular weight excluding hydrogens is 623 g/mol. The summed E-state index contributed by atoms with van der Waals surface area (Å²) in [7, 11) is -1.27. The van der Waals surface area contributed by atoms with E-state index in [2.05, 4.69) is 71.5 Å². The summed E-state index contributed by atoms with van der Waals surface area (Å²) in [5.74, 6) is 1.68. The number of hydrogen-bond donors (Lipinski definition) is 1. The van der Waals surface area contributed by atoms with E-state index in [1.807, 2.05) is 34.9 Å². The molecule has 2 heterocycles. The number of fused-ring (bicyclic) bond motifs is 1. The first kappa shape index (κ1) is 35.0. The monoisotopic (exact) mass is 669 g/mol. The number of benzene rings is 3. The SMILES string of the molecule is CCCCOCCOc1ccc(-c2ccc3c(c2)C=C(C(=O)Nc2ccc([S@@](=O)Cc4nncn4CCC)cc2)CCN3CCC)cc1. The van der Waals surface area contributed by atoms with Gasteiger partial charge in [-0.2, -0.15) is 0 Å². The topological polar surface area (TPSA) is 98.6 Å². The average molecular weight is 670 g/mol. The first-order valence-corrected chi connectivity index (χ1v) is 18.4. The smallest absolute Gasteiger partial charge is 0.251 e. The maximum absolute atomic E-state index is 13.6. The molecule has 4 aromatic rings.